The van der Waals surface area contributed by atoms with Crippen LogP contribution in [0.2, 0.25) is 0 Å². The number of fused-ring (bicyclic) bond motifs is 1. The zero-order chi connectivity index (χ0) is 15.4. The largest absolute Gasteiger partial charge is 0.493 e. The molecule has 118 valence electrons. The normalized spacial score (nSPS) is 15.1. The Hall–Kier alpha value is -1.06. The topological polar surface area (TPSA) is 61.3 Å². The third kappa shape index (κ3) is 3.78. The highest BCUT2D eigenvalue weighted by atomic mass is 16.5. The summed E-state index contributed by atoms with van der Waals surface area (Å²) >= 11 is 0. The molecule has 1 unspecified atom stereocenters. The Kier molecular flexibility index (Phi) is 5.65. The molecule has 1 aliphatic rings. The predicted molar refractivity (Wildman–Crippen MR) is 88.9 cm³/mol. The fourth-order valence-electron chi connectivity index (χ4n) is 3.21. The maximum Gasteiger partial charge on any atom is 0.126 e. The third-order valence-electron chi connectivity index (χ3n) is 4.30. The van der Waals surface area contributed by atoms with E-state index in [0.29, 0.717) is 12.5 Å². The Morgan fingerprint density at radius 3 is 2.62 bits per heavy atom. The van der Waals surface area contributed by atoms with E-state index in [2.05, 4.69) is 26.8 Å². The molecule has 0 fully saturated rings. The Bertz CT molecular complexity index is 483. The van der Waals surface area contributed by atoms with Gasteiger partial charge in [0.1, 0.15) is 5.75 Å². The van der Waals surface area contributed by atoms with Gasteiger partial charge in [0, 0.05) is 18.0 Å². The van der Waals surface area contributed by atoms with Crippen LogP contribution >= 0.6 is 0 Å². The van der Waals surface area contributed by atoms with Gasteiger partial charge in [-0.05, 0) is 54.8 Å². The molecule has 3 nitrogen and oxygen atoms in total. The number of hydrogen-bond acceptors (Lipinski definition) is 3. The van der Waals surface area contributed by atoms with Crippen molar-refractivity contribution in [1.82, 2.24) is 0 Å². The number of rotatable bonds is 7. The zero-order valence-electron chi connectivity index (χ0n) is 13.7. The standard InChI is InChI=1S/C18H30N2O/c1-4-15(20)11-14-10-13(5-7-19)17(9-12(2)3)16-6-8-21-18(14)16/h10,12,15H,4-9,11,19-20H2,1-3H3. The molecule has 4 N–H and O–H groups in total. The van der Waals surface area contributed by atoms with Gasteiger partial charge in [0.05, 0.1) is 6.61 Å². The molecule has 0 aliphatic carbocycles. The van der Waals surface area contributed by atoms with E-state index in [1.807, 2.05) is 0 Å². The number of benzene rings is 1. The van der Waals surface area contributed by atoms with Gasteiger partial charge >= 0.3 is 0 Å². The second-order valence-corrected chi connectivity index (χ2v) is 6.59. The minimum Gasteiger partial charge on any atom is -0.493 e. The molecule has 21 heavy (non-hydrogen) atoms. The summed E-state index contributed by atoms with van der Waals surface area (Å²) in [6.45, 7) is 8.19. The molecule has 0 saturated heterocycles. The Balaban J connectivity index is 2.44. The van der Waals surface area contributed by atoms with E-state index in [-0.39, 0.29) is 6.04 Å². The first kappa shape index (κ1) is 16.3. The van der Waals surface area contributed by atoms with Gasteiger partial charge in [0.25, 0.3) is 0 Å². The average Bonchev–Trinajstić information content (AvgIpc) is 2.92. The highest BCUT2D eigenvalue weighted by Gasteiger charge is 2.24. The van der Waals surface area contributed by atoms with Crippen molar-refractivity contribution in [1.29, 1.82) is 0 Å². The van der Waals surface area contributed by atoms with Crippen LogP contribution in [0.15, 0.2) is 6.07 Å². The summed E-state index contributed by atoms with van der Waals surface area (Å²) in [4.78, 5) is 0. The van der Waals surface area contributed by atoms with Crippen LogP contribution in [0.4, 0.5) is 0 Å². The minimum absolute atomic E-state index is 0.208. The molecule has 1 aliphatic heterocycles. The van der Waals surface area contributed by atoms with Gasteiger partial charge in [-0.25, -0.2) is 0 Å². The molecule has 0 aromatic heterocycles. The summed E-state index contributed by atoms with van der Waals surface area (Å²) in [5.74, 6) is 1.77. The fraction of sp³-hybridized carbons (Fsp3) is 0.667. The van der Waals surface area contributed by atoms with Gasteiger partial charge in [-0.1, -0.05) is 26.8 Å². The first-order chi connectivity index (χ1) is 10.1. The molecule has 1 aromatic carbocycles. The molecular formula is C18H30N2O. The van der Waals surface area contributed by atoms with Gasteiger partial charge in [-0.2, -0.15) is 0 Å². The van der Waals surface area contributed by atoms with Gasteiger partial charge in [0.2, 0.25) is 0 Å². The Morgan fingerprint density at radius 1 is 1.24 bits per heavy atom. The van der Waals surface area contributed by atoms with E-state index in [1.54, 1.807) is 0 Å². The first-order valence-corrected chi connectivity index (χ1v) is 8.31. The lowest BCUT2D eigenvalue weighted by Gasteiger charge is -2.20. The molecule has 0 bridgehead atoms. The lowest BCUT2D eigenvalue weighted by Crippen LogP contribution is -2.22. The second kappa shape index (κ2) is 7.28. The fourth-order valence-corrected chi connectivity index (χ4v) is 3.21. The molecule has 1 heterocycles. The van der Waals surface area contributed by atoms with E-state index >= 15 is 0 Å². The van der Waals surface area contributed by atoms with Crippen LogP contribution in [0.5, 0.6) is 5.75 Å². The van der Waals surface area contributed by atoms with E-state index in [9.17, 15) is 0 Å². The first-order valence-electron chi connectivity index (χ1n) is 8.31. The molecule has 0 saturated carbocycles. The molecule has 0 amide bonds. The van der Waals surface area contributed by atoms with E-state index in [1.165, 1.54) is 22.3 Å². The van der Waals surface area contributed by atoms with E-state index in [4.69, 9.17) is 16.2 Å². The van der Waals surface area contributed by atoms with Crippen molar-refractivity contribution in [3.05, 3.63) is 28.3 Å². The highest BCUT2D eigenvalue weighted by molar-refractivity contribution is 5.53. The summed E-state index contributed by atoms with van der Waals surface area (Å²) in [7, 11) is 0. The van der Waals surface area contributed by atoms with Gasteiger partial charge in [-0.15, -0.1) is 0 Å². The van der Waals surface area contributed by atoms with Crippen LogP contribution in [0.1, 0.15) is 49.4 Å². The lowest BCUT2D eigenvalue weighted by molar-refractivity contribution is 0.352. The van der Waals surface area contributed by atoms with Crippen LogP contribution in [0.25, 0.3) is 0 Å². The number of hydrogen-bond donors (Lipinski definition) is 2. The smallest absolute Gasteiger partial charge is 0.126 e. The zero-order valence-corrected chi connectivity index (χ0v) is 13.7. The summed E-state index contributed by atoms with van der Waals surface area (Å²) < 4.78 is 5.94. The predicted octanol–water partition coefficient (Wildman–Crippen LogP) is 2.60. The van der Waals surface area contributed by atoms with Gasteiger partial charge in [0.15, 0.2) is 0 Å². The van der Waals surface area contributed by atoms with Crippen molar-refractivity contribution >= 4 is 0 Å². The second-order valence-electron chi connectivity index (χ2n) is 6.59. The molecular weight excluding hydrogens is 260 g/mol. The SMILES string of the molecule is CCC(N)Cc1cc(CCN)c(CC(C)C)c2c1OCC2. The molecule has 0 radical (unpaired) electrons. The van der Waals surface area contributed by atoms with Crippen molar-refractivity contribution < 1.29 is 4.74 Å². The maximum atomic E-state index is 6.16. The number of nitrogens with two attached hydrogens (primary N) is 2. The molecule has 1 aromatic rings. The van der Waals surface area contributed by atoms with E-state index in [0.717, 1.165) is 44.5 Å². The number of ether oxygens (including phenoxy) is 1. The summed E-state index contributed by atoms with van der Waals surface area (Å²) in [6, 6.07) is 2.52. The Morgan fingerprint density at radius 2 is 2.00 bits per heavy atom. The van der Waals surface area contributed by atoms with Gasteiger partial charge in [-0.3, -0.25) is 0 Å². The molecule has 2 rings (SSSR count). The molecule has 3 heteroatoms. The van der Waals surface area contributed by atoms with Crippen LogP contribution in [-0.2, 0) is 25.7 Å². The van der Waals surface area contributed by atoms with Crippen molar-refractivity contribution in [3.63, 3.8) is 0 Å². The van der Waals surface area contributed by atoms with E-state index < -0.39 is 0 Å². The monoisotopic (exact) mass is 290 g/mol. The minimum atomic E-state index is 0.208. The van der Waals surface area contributed by atoms with Crippen LogP contribution < -0.4 is 16.2 Å². The molecule has 1 atom stereocenters. The third-order valence-corrected chi connectivity index (χ3v) is 4.30. The van der Waals surface area contributed by atoms with Crippen LogP contribution in [0.3, 0.4) is 0 Å². The van der Waals surface area contributed by atoms with Gasteiger partial charge < -0.3 is 16.2 Å². The highest BCUT2D eigenvalue weighted by Crippen LogP contribution is 2.37. The maximum absolute atomic E-state index is 6.16. The van der Waals surface area contributed by atoms with Crippen LogP contribution in [-0.4, -0.2) is 19.2 Å². The van der Waals surface area contributed by atoms with Crippen LogP contribution in [0, 0.1) is 5.92 Å². The summed E-state index contributed by atoms with van der Waals surface area (Å²) in [5, 5.41) is 0. The quantitative estimate of drug-likeness (QED) is 0.811. The summed E-state index contributed by atoms with van der Waals surface area (Å²) in [6.07, 6.45) is 4.99. The van der Waals surface area contributed by atoms with Crippen molar-refractivity contribution in [2.45, 2.75) is 58.9 Å². The Labute approximate surface area is 129 Å². The van der Waals surface area contributed by atoms with Crippen molar-refractivity contribution in [2.24, 2.45) is 17.4 Å². The van der Waals surface area contributed by atoms with Crippen molar-refractivity contribution in [3.8, 4) is 5.75 Å². The average molecular weight is 290 g/mol. The van der Waals surface area contributed by atoms with Crippen molar-refractivity contribution in [2.75, 3.05) is 13.2 Å². The lowest BCUT2D eigenvalue weighted by atomic mass is 9.87. The summed E-state index contributed by atoms with van der Waals surface area (Å²) in [5.41, 5.74) is 17.6. The molecule has 0 spiro atoms.